The Bertz CT molecular complexity index is 930. The number of aryl methyl sites for hydroxylation is 1. The van der Waals surface area contributed by atoms with Crippen molar-refractivity contribution in [2.24, 2.45) is 4.99 Å². The number of aromatic nitrogens is 3. The second kappa shape index (κ2) is 5.62. The fourth-order valence-corrected chi connectivity index (χ4v) is 3.30. The van der Waals surface area contributed by atoms with Crippen LogP contribution in [0.25, 0.3) is 22.3 Å². The molecule has 0 bridgehead atoms. The molecule has 3 heterocycles. The van der Waals surface area contributed by atoms with E-state index in [2.05, 4.69) is 21.0 Å². The second-order valence-corrected chi connectivity index (χ2v) is 6.57. The van der Waals surface area contributed by atoms with Gasteiger partial charge in [-0.05, 0) is 29.1 Å². The maximum absolute atomic E-state index is 6.14. The fraction of sp³-hybridized carbons (Fsp3) is 0.235. The Hall–Kier alpha value is -1.91. The zero-order valence-electron chi connectivity index (χ0n) is 12.5. The van der Waals surface area contributed by atoms with Gasteiger partial charge < -0.3 is 4.98 Å². The molecule has 0 spiro atoms. The molecule has 1 atom stereocenters. The van der Waals surface area contributed by atoms with Crippen molar-refractivity contribution >= 4 is 40.4 Å². The summed E-state index contributed by atoms with van der Waals surface area (Å²) in [6.07, 6.45) is 3.01. The van der Waals surface area contributed by atoms with Gasteiger partial charge in [0.1, 0.15) is 5.52 Å². The van der Waals surface area contributed by atoms with Gasteiger partial charge in [-0.15, -0.1) is 0 Å². The molecule has 2 N–H and O–H groups in total. The van der Waals surface area contributed by atoms with Crippen molar-refractivity contribution < 1.29 is 4.98 Å². The third-order valence-electron chi connectivity index (χ3n) is 4.11. The lowest BCUT2D eigenvalue weighted by atomic mass is 10.0. The molecule has 1 aliphatic rings. The highest BCUT2D eigenvalue weighted by Crippen LogP contribution is 2.31. The van der Waals surface area contributed by atoms with E-state index in [1.165, 1.54) is 0 Å². The summed E-state index contributed by atoms with van der Waals surface area (Å²) in [6.45, 7) is 2.84. The molecule has 1 unspecified atom stereocenters. The molecule has 4 nitrogen and oxygen atoms in total. The van der Waals surface area contributed by atoms with Gasteiger partial charge in [-0.3, -0.25) is 4.99 Å². The van der Waals surface area contributed by atoms with Crippen LogP contribution in [0, 0.1) is 6.92 Å². The van der Waals surface area contributed by atoms with Gasteiger partial charge in [0, 0.05) is 25.7 Å². The Morgan fingerprint density at radius 3 is 2.83 bits per heavy atom. The highest BCUT2D eigenvalue weighted by molar-refractivity contribution is 6.42. The quantitative estimate of drug-likeness (QED) is 0.742. The molecule has 3 aromatic rings. The molecule has 0 amide bonds. The number of rotatable bonds is 2. The van der Waals surface area contributed by atoms with Crippen LogP contribution in [0.1, 0.15) is 23.9 Å². The molecule has 0 fully saturated rings. The lowest BCUT2D eigenvalue weighted by Gasteiger charge is -2.02. The zero-order valence-corrected chi connectivity index (χ0v) is 14.0. The van der Waals surface area contributed by atoms with Gasteiger partial charge in [0.05, 0.1) is 21.7 Å². The van der Waals surface area contributed by atoms with Gasteiger partial charge in [0.2, 0.25) is 0 Å². The van der Waals surface area contributed by atoms with E-state index in [0.717, 1.165) is 46.8 Å². The predicted octanol–water partition coefficient (Wildman–Crippen LogP) is 4.22. The molecule has 1 aliphatic heterocycles. The minimum atomic E-state index is 0.270. The molecule has 23 heavy (non-hydrogen) atoms. The Morgan fingerprint density at radius 2 is 2.09 bits per heavy atom. The average molecular weight is 346 g/mol. The number of aromatic amines is 2. The van der Waals surface area contributed by atoms with Crippen LogP contribution >= 0.6 is 23.2 Å². The van der Waals surface area contributed by atoms with Crippen molar-refractivity contribution in [3.8, 4) is 11.3 Å². The van der Waals surface area contributed by atoms with Crippen molar-refractivity contribution in [2.75, 3.05) is 6.54 Å². The molecule has 4 rings (SSSR count). The van der Waals surface area contributed by atoms with Gasteiger partial charge in [-0.1, -0.05) is 29.3 Å². The highest BCUT2D eigenvalue weighted by Gasteiger charge is 2.25. The smallest absolute Gasteiger partial charge is 0.293 e. The first-order valence-corrected chi connectivity index (χ1v) is 8.25. The number of H-pyrrole nitrogens is 2. The number of aliphatic imine (C=N–C) groups is 1. The number of halogens is 2. The van der Waals surface area contributed by atoms with Gasteiger partial charge in [-0.2, -0.15) is 0 Å². The van der Waals surface area contributed by atoms with Crippen LogP contribution in [0.2, 0.25) is 10.0 Å². The molecule has 0 aliphatic carbocycles. The molecular weight excluding hydrogens is 331 g/mol. The van der Waals surface area contributed by atoms with Crippen LogP contribution in [0.3, 0.4) is 0 Å². The van der Waals surface area contributed by atoms with E-state index in [1.807, 2.05) is 31.3 Å². The van der Waals surface area contributed by atoms with Crippen LogP contribution in [0.5, 0.6) is 0 Å². The minimum absolute atomic E-state index is 0.270. The molecule has 1 aromatic carbocycles. The molecule has 2 aromatic heterocycles. The number of hydrogen-bond donors (Lipinski definition) is 1. The molecule has 6 heteroatoms. The largest absolute Gasteiger partial charge is 0.348 e. The first-order valence-electron chi connectivity index (χ1n) is 7.50. The Balaban J connectivity index is 1.88. The van der Waals surface area contributed by atoms with Crippen LogP contribution < -0.4 is 4.98 Å². The lowest BCUT2D eigenvalue weighted by Crippen LogP contribution is -2.14. The summed E-state index contributed by atoms with van der Waals surface area (Å²) in [5.74, 6) is 1.17. The average Bonchev–Trinajstić information content (AvgIpc) is 3.18. The summed E-state index contributed by atoms with van der Waals surface area (Å²) < 4.78 is 0. The summed E-state index contributed by atoms with van der Waals surface area (Å²) >= 11 is 12.1. The number of fused-ring (bicyclic) bond motifs is 1. The van der Waals surface area contributed by atoms with Crippen molar-refractivity contribution in [1.29, 1.82) is 0 Å². The van der Waals surface area contributed by atoms with E-state index < -0.39 is 0 Å². The molecule has 0 radical (unpaired) electrons. The third kappa shape index (κ3) is 2.62. The predicted molar refractivity (Wildman–Crippen MR) is 93.6 cm³/mol. The number of nitrogens with one attached hydrogen (secondary N) is 2. The Labute approximate surface area is 143 Å². The van der Waals surface area contributed by atoms with E-state index in [0.29, 0.717) is 10.0 Å². The lowest BCUT2D eigenvalue weighted by molar-refractivity contribution is -0.360. The third-order valence-corrected chi connectivity index (χ3v) is 4.85. The Kier molecular flexibility index (Phi) is 3.58. The number of hydrogen-bond acceptors (Lipinski definition) is 2. The standard InChI is InChI=1S/C17H14Cl2N4/c1-9-21-15-7-14(10-2-3-12(18)13(19)6-10)23-17(15)16(22-9)11-4-5-20-8-11/h2-3,6-8,11,23H,4-5H2,1H3/p+1. The van der Waals surface area contributed by atoms with E-state index >= 15 is 0 Å². The van der Waals surface area contributed by atoms with Crippen LogP contribution in [0.15, 0.2) is 29.3 Å². The van der Waals surface area contributed by atoms with Crippen molar-refractivity contribution in [1.82, 2.24) is 9.97 Å². The first-order chi connectivity index (χ1) is 11.1. The van der Waals surface area contributed by atoms with Gasteiger partial charge in [0.25, 0.3) is 5.82 Å². The van der Waals surface area contributed by atoms with E-state index in [1.54, 1.807) is 0 Å². The normalized spacial score (nSPS) is 17.3. The van der Waals surface area contributed by atoms with Crippen LogP contribution in [-0.4, -0.2) is 22.7 Å². The van der Waals surface area contributed by atoms with E-state index in [9.17, 15) is 0 Å². The van der Waals surface area contributed by atoms with Crippen molar-refractivity contribution in [2.45, 2.75) is 19.3 Å². The van der Waals surface area contributed by atoms with Crippen molar-refractivity contribution in [3.63, 3.8) is 0 Å². The molecule has 0 saturated heterocycles. The number of nitrogens with zero attached hydrogens (tertiary/aromatic N) is 2. The summed E-state index contributed by atoms with van der Waals surface area (Å²) in [5, 5.41) is 1.10. The topological polar surface area (TPSA) is 55.2 Å². The minimum Gasteiger partial charge on any atom is -0.348 e. The highest BCUT2D eigenvalue weighted by atomic mass is 35.5. The summed E-state index contributed by atoms with van der Waals surface area (Å²) in [5.41, 5.74) is 5.08. The molecule has 0 saturated carbocycles. The monoisotopic (exact) mass is 345 g/mol. The maximum Gasteiger partial charge on any atom is 0.293 e. The summed E-state index contributed by atoms with van der Waals surface area (Å²) in [7, 11) is 0. The van der Waals surface area contributed by atoms with Crippen molar-refractivity contribution in [3.05, 3.63) is 45.8 Å². The van der Waals surface area contributed by atoms with E-state index in [4.69, 9.17) is 28.2 Å². The van der Waals surface area contributed by atoms with Crippen LogP contribution in [0.4, 0.5) is 0 Å². The fourth-order valence-electron chi connectivity index (χ4n) is 3.00. The van der Waals surface area contributed by atoms with Gasteiger partial charge >= 0.3 is 0 Å². The number of benzene rings is 1. The summed E-state index contributed by atoms with van der Waals surface area (Å²) in [4.78, 5) is 15.8. The first kappa shape index (κ1) is 14.7. The van der Waals surface area contributed by atoms with E-state index in [-0.39, 0.29) is 5.92 Å². The van der Waals surface area contributed by atoms with Crippen LogP contribution in [-0.2, 0) is 0 Å². The molecular formula is C17H15Cl2N4+. The molecule has 116 valence electrons. The summed E-state index contributed by atoms with van der Waals surface area (Å²) in [6, 6.07) is 7.71. The Morgan fingerprint density at radius 1 is 1.22 bits per heavy atom. The SMILES string of the molecule is Cc1nc(C2C=NCC2)c2[nH]c(-c3ccc(Cl)c(Cl)c3)cc2[nH+]1. The van der Waals surface area contributed by atoms with Gasteiger partial charge in [-0.25, -0.2) is 4.98 Å². The second-order valence-electron chi connectivity index (χ2n) is 5.76. The zero-order chi connectivity index (χ0) is 16.0. The maximum atomic E-state index is 6.14. The van der Waals surface area contributed by atoms with Gasteiger partial charge in [0.15, 0.2) is 11.2 Å².